The van der Waals surface area contributed by atoms with Crippen molar-refractivity contribution in [2.24, 2.45) is 0 Å². The van der Waals surface area contributed by atoms with E-state index in [4.69, 9.17) is 28.2 Å². The minimum absolute atomic E-state index is 0.247. The van der Waals surface area contributed by atoms with E-state index in [0.29, 0.717) is 21.5 Å². The fourth-order valence-electron chi connectivity index (χ4n) is 4.22. The highest BCUT2D eigenvalue weighted by Crippen LogP contribution is 2.43. The lowest BCUT2D eigenvalue weighted by molar-refractivity contribution is 0.439. The van der Waals surface area contributed by atoms with E-state index in [1.165, 1.54) is 6.07 Å². The highest BCUT2D eigenvalue weighted by Gasteiger charge is 2.42. The van der Waals surface area contributed by atoms with Crippen LogP contribution in [0.5, 0.6) is 0 Å². The monoisotopic (exact) mass is 477 g/mol. The van der Waals surface area contributed by atoms with E-state index in [0.717, 1.165) is 28.3 Å². The molecule has 0 radical (unpaired) electrons. The zero-order valence-corrected chi connectivity index (χ0v) is 19.6. The first-order chi connectivity index (χ1) is 15.9. The second-order valence-corrected chi connectivity index (χ2v) is 8.91. The summed E-state index contributed by atoms with van der Waals surface area (Å²) >= 11 is 12.0. The number of hydrogen-bond acceptors (Lipinski definition) is 3. The van der Waals surface area contributed by atoms with Crippen molar-refractivity contribution < 1.29 is 8.81 Å². The number of nitrogens with zero attached hydrogens (tertiary/aromatic N) is 2. The molecule has 0 saturated carbocycles. The predicted molar refractivity (Wildman–Crippen MR) is 133 cm³/mol. The van der Waals surface area contributed by atoms with Crippen LogP contribution < -0.4 is 10.2 Å². The van der Waals surface area contributed by atoms with Crippen LogP contribution in [-0.4, -0.2) is 10.1 Å². The van der Waals surface area contributed by atoms with Gasteiger partial charge in [0.05, 0.1) is 11.7 Å². The van der Waals surface area contributed by atoms with Crippen molar-refractivity contribution in [1.82, 2.24) is 10.3 Å². The summed E-state index contributed by atoms with van der Waals surface area (Å²) in [5.41, 5.74) is 4.16. The Morgan fingerprint density at radius 3 is 2.64 bits per heavy atom. The van der Waals surface area contributed by atoms with Crippen LogP contribution in [0.1, 0.15) is 34.7 Å². The molecule has 7 heteroatoms. The summed E-state index contributed by atoms with van der Waals surface area (Å²) in [6, 6.07) is 19.8. The molecule has 0 aliphatic carbocycles. The fourth-order valence-corrected chi connectivity index (χ4v) is 4.73. The van der Waals surface area contributed by atoms with E-state index in [1.54, 1.807) is 25.3 Å². The number of aromatic nitrogens is 1. The molecule has 1 N–H and O–H groups in total. The number of aryl methyl sites for hydroxylation is 2. The van der Waals surface area contributed by atoms with Gasteiger partial charge in [-0.25, -0.2) is 4.39 Å². The standard InChI is InChI=1S/C26H21ClFN3OS/c1-15-6-7-17(27)14-19(15)22-10-11-23(32-22)25-24(21-5-3-4-12-29-21)30-26(33)31(25)18-8-9-20(28)16(2)13-18/h3-14,24-25H,1-2H3,(H,30,33)/t24-,25+/m1/s1. The van der Waals surface area contributed by atoms with Crippen LogP contribution in [0.4, 0.5) is 10.1 Å². The van der Waals surface area contributed by atoms with Crippen LogP contribution in [0.2, 0.25) is 5.02 Å². The van der Waals surface area contributed by atoms with E-state index < -0.39 is 0 Å². The number of halogens is 2. The van der Waals surface area contributed by atoms with Gasteiger partial charge in [-0.05, 0) is 91.8 Å². The second kappa shape index (κ2) is 8.61. The van der Waals surface area contributed by atoms with Gasteiger partial charge in [-0.1, -0.05) is 23.7 Å². The van der Waals surface area contributed by atoms with E-state index >= 15 is 0 Å². The van der Waals surface area contributed by atoms with E-state index in [-0.39, 0.29) is 17.9 Å². The van der Waals surface area contributed by atoms with E-state index in [9.17, 15) is 4.39 Å². The molecule has 33 heavy (non-hydrogen) atoms. The van der Waals surface area contributed by atoms with Crippen LogP contribution in [0, 0.1) is 19.7 Å². The van der Waals surface area contributed by atoms with Gasteiger partial charge in [0, 0.05) is 22.5 Å². The summed E-state index contributed by atoms with van der Waals surface area (Å²) in [5.74, 6) is 1.18. The second-order valence-electron chi connectivity index (χ2n) is 8.09. The average molecular weight is 478 g/mol. The normalized spacial score (nSPS) is 17.9. The van der Waals surface area contributed by atoms with Gasteiger partial charge in [0.2, 0.25) is 0 Å². The quantitative estimate of drug-likeness (QED) is 0.323. The van der Waals surface area contributed by atoms with Gasteiger partial charge in [-0.3, -0.25) is 4.98 Å². The molecular formula is C26H21ClFN3OS. The van der Waals surface area contributed by atoms with E-state index in [1.807, 2.05) is 60.4 Å². The Labute approximate surface area is 202 Å². The third kappa shape index (κ3) is 4.01. The highest BCUT2D eigenvalue weighted by atomic mass is 35.5. The van der Waals surface area contributed by atoms with Crippen molar-refractivity contribution in [3.63, 3.8) is 0 Å². The van der Waals surface area contributed by atoms with Crippen LogP contribution in [-0.2, 0) is 0 Å². The smallest absolute Gasteiger partial charge is 0.174 e. The van der Waals surface area contributed by atoms with Crippen molar-refractivity contribution >= 4 is 34.6 Å². The number of nitrogens with one attached hydrogen (secondary N) is 1. The zero-order chi connectivity index (χ0) is 23.1. The predicted octanol–water partition coefficient (Wildman–Crippen LogP) is 6.93. The highest BCUT2D eigenvalue weighted by molar-refractivity contribution is 7.80. The van der Waals surface area contributed by atoms with Gasteiger partial charge < -0.3 is 14.6 Å². The first-order valence-electron chi connectivity index (χ1n) is 10.6. The van der Waals surface area contributed by atoms with Crippen molar-refractivity contribution in [3.05, 3.63) is 106 Å². The lowest BCUT2D eigenvalue weighted by Gasteiger charge is -2.26. The molecule has 3 heterocycles. The molecule has 1 aliphatic heterocycles. The maximum absolute atomic E-state index is 14.0. The lowest BCUT2D eigenvalue weighted by Crippen LogP contribution is -2.29. The van der Waals surface area contributed by atoms with E-state index in [2.05, 4.69) is 10.3 Å². The summed E-state index contributed by atoms with van der Waals surface area (Å²) in [5, 5.41) is 4.56. The molecule has 1 fully saturated rings. The summed E-state index contributed by atoms with van der Waals surface area (Å²) < 4.78 is 20.4. The molecule has 2 atom stereocenters. The Balaban J connectivity index is 1.62. The van der Waals surface area contributed by atoms with Crippen LogP contribution >= 0.6 is 23.8 Å². The number of anilines is 1. The molecule has 1 aliphatic rings. The Morgan fingerprint density at radius 2 is 1.88 bits per heavy atom. The topological polar surface area (TPSA) is 41.3 Å². The van der Waals surface area contributed by atoms with Gasteiger partial charge in [-0.15, -0.1) is 0 Å². The number of benzene rings is 2. The Morgan fingerprint density at radius 1 is 1.03 bits per heavy atom. The summed E-state index contributed by atoms with van der Waals surface area (Å²) in [4.78, 5) is 6.52. The average Bonchev–Trinajstić information content (AvgIpc) is 3.42. The van der Waals surface area contributed by atoms with Crippen molar-refractivity contribution in [1.29, 1.82) is 0 Å². The third-order valence-electron chi connectivity index (χ3n) is 5.90. The minimum Gasteiger partial charge on any atom is -0.459 e. The van der Waals surface area contributed by atoms with Crippen LogP contribution in [0.15, 0.2) is 77.3 Å². The molecule has 5 rings (SSSR count). The lowest BCUT2D eigenvalue weighted by atomic mass is 10.0. The van der Waals surface area contributed by atoms with Crippen LogP contribution in [0.25, 0.3) is 11.3 Å². The zero-order valence-electron chi connectivity index (χ0n) is 18.0. The van der Waals surface area contributed by atoms with Crippen molar-refractivity contribution in [2.75, 3.05) is 4.90 Å². The van der Waals surface area contributed by atoms with Crippen molar-refractivity contribution in [3.8, 4) is 11.3 Å². The number of pyridine rings is 1. The molecular weight excluding hydrogens is 457 g/mol. The first-order valence-corrected chi connectivity index (χ1v) is 11.3. The first kappa shape index (κ1) is 21.6. The van der Waals surface area contributed by atoms with Gasteiger partial charge in [-0.2, -0.15) is 0 Å². The Hall–Kier alpha value is -3.22. The number of furan rings is 1. The molecule has 2 aromatic carbocycles. The largest absolute Gasteiger partial charge is 0.459 e. The molecule has 2 aromatic heterocycles. The molecule has 0 unspecified atom stereocenters. The van der Waals surface area contributed by atoms with Crippen LogP contribution in [0.3, 0.4) is 0 Å². The maximum Gasteiger partial charge on any atom is 0.174 e. The summed E-state index contributed by atoms with van der Waals surface area (Å²) in [7, 11) is 0. The van der Waals surface area contributed by atoms with Gasteiger partial charge in [0.1, 0.15) is 23.4 Å². The fraction of sp³-hybridized carbons (Fsp3) is 0.154. The van der Waals surface area contributed by atoms with Crippen molar-refractivity contribution in [2.45, 2.75) is 25.9 Å². The Bertz CT molecular complexity index is 1340. The van der Waals surface area contributed by atoms with Gasteiger partial charge >= 0.3 is 0 Å². The SMILES string of the molecule is Cc1cc(N2C(=S)N[C@H](c3ccccn3)[C@@H]2c2ccc(-c3cc(Cl)ccc3C)o2)ccc1F. The molecule has 1 saturated heterocycles. The third-order valence-corrected chi connectivity index (χ3v) is 6.45. The minimum atomic E-state index is -0.314. The molecule has 4 aromatic rings. The van der Waals surface area contributed by atoms with Gasteiger partial charge in [0.25, 0.3) is 0 Å². The van der Waals surface area contributed by atoms with Gasteiger partial charge in [0.15, 0.2) is 5.11 Å². The molecule has 0 spiro atoms. The number of rotatable bonds is 4. The maximum atomic E-state index is 14.0. The summed E-state index contributed by atoms with van der Waals surface area (Å²) in [6.45, 7) is 3.76. The molecule has 0 bridgehead atoms. The Kier molecular flexibility index (Phi) is 5.64. The molecule has 0 amide bonds. The number of thiocarbonyl (C=S) groups is 1. The number of hydrogen-bond donors (Lipinski definition) is 1. The summed E-state index contributed by atoms with van der Waals surface area (Å²) in [6.07, 6.45) is 1.75. The molecule has 166 valence electrons. The molecule has 4 nitrogen and oxygen atoms in total.